The van der Waals surface area contributed by atoms with Gasteiger partial charge in [-0.2, -0.15) is 13.9 Å². The lowest BCUT2D eigenvalue weighted by atomic mass is 10.0. The normalized spacial score (nSPS) is 16.7. The van der Waals surface area contributed by atoms with Crippen molar-refractivity contribution >= 4 is 24.4 Å². The van der Waals surface area contributed by atoms with E-state index in [1.807, 2.05) is 0 Å². The van der Waals surface area contributed by atoms with Gasteiger partial charge in [-0.05, 0) is 43.5 Å². The molecule has 1 aromatic heterocycles. The van der Waals surface area contributed by atoms with E-state index < -0.39 is 16.9 Å². The molecule has 0 spiro atoms. The average Bonchev–Trinajstić information content (AvgIpc) is 3.38. The van der Waals surface area contributed by atoms with Crippen LogP contribution in [0, 0.1) is 0 Å². The highest BCUT2D eigenvalue weighted by atomic mass is 32.1. The van der Waals surface area contributed by atoms with Gasteiger partial charge >= 0.3 is 5.25 Å². The molecule has 0 N–H and O–H groups in total. The molecule has 0 saturated carbocycles. The van der Waals surface area contributed by atoms with Crippen molar-refractivity contribution in [2.24, 2.45) is 0 Å². The molecule has 2 aromatic rings. The van der Waals surface area contributed by atoms with Crippen LogP contribution in [0.25, 0.3) is 5.69 Å². The molecule has 2 aliphatic rings. The lowest BCUT2D eigenvalue weighted by Gasteiger charge is -2.29. The molecule has 4 rings (SSSR count). The Labute approximate surface area is 178 Å². The molecule has 1 aromatic carbocycles. The number of thiol groups is 1. The summed E-state index contributed by atoms with van der Waals surface area (Å²) in [5.74, 6) is -0.0285. The van der Waals surface area contributed by atoms with E-state index in [9.17, 15) is 18.4 Å². The largest absolute Gasteiger partial charge is 0.497 e. The highest BCUT2D eigenvalue weighted by molar-refractivity contribution is 7.80. The molecular weight excluding hydrogens is 414 g/mol. The third-order valence-corrected chi connectivity index (χ3v) is 5.70. The first-order valence-electron chi connectivity index (χ1n) is 9.73. The van der Waals surface area contributed by atoms with E-state index in [0.29, 0.717) is 24.5 Å². The van der Waals surface area contributed by atoms with Crippen LogP contribution in [-0.2, 0) is 16.5 Å². The Kier molecular flexibility index (Phi) is 5.44. The standard InChI is InChI=1S/C20H22F2N4O3S/c1-29-14-6-4-13(5-7-14)26-17-15(18(23-26)20(21,22)30)8-11-25(19(17)28)12-16(27)24-9-2-3-10-24/h4-7,30H,2-3,8-12H2,1H3. The molecule has 160 valence electrons. The SMILES string of the molecule is COc1ccc(-n2nc(C(F)(F)S)c3c2C(=O)N(CC(=O)N2CCCC2)CC3)cc1. The Morgan fingerprint density at radius 3 is 2.47 bits per heavy atom. The van der Waals surface area contributed by atoms with Crippen LogP contribution >= 0.6 is 12.6 Å². The van der Waals surface area contributed by atoms with Crippen molar-refractivity contribution in [1.82, 2.24) is 19.6 Å². The lowest BCUT2D eigenvalue weighted by Crippen LogP contribution is -2.45. The number of fused-ring (bicyclic) bond motifs is 1. The summed E-state index contributed by atoms with van der Waals surface area (Å²) >= 11 is 3.39. The van der Waals surface area contributed by atoms with Crippen LogP contribution in [0.5, 0.6) is 5.75 Å². The number of alkyl halides is 2. The summed E-state index contributed by atoms with van der Waals surface area (Å²) in [5, 5.41) is 0.546. The van der Waals surface area contributed by atoms with E-state index >= 15 is 0 Å². The van der Waals surface area contributed by atoms with Crippen molar-refractivity contribution in [3.63, 3.8) is 0 Å². The maximum absolute atomic E-state index is 14.1. The van der Waals surface area contributed by atoms with E-state index in [1.54, 1.807) is 29.2 Å². The van der Waals surface area contributed by atoms with Crippen molar-refractivity contribution in [1.29, 1.82) is 0 Å². The Balaban J connectivity index is 1.70. The summed E-state index contributed by atoms with van der Waals surface area (Å²) in [6.07, 6.45) is 2.08. The third kappa shape index (κ3) is 3.76. The van der Waals surface area contributed by atoms with Crippen LogP contribution < -0.4 is 4.74 Å². The van der Waals surface area contributed by atoms with Gasteiger partial charge < -0.3 is 14.5 Å². The fourth-order valence-corrected chi connectivity index (χ4v) is 4.12. The second-order valence-corrected chi connectivity index (χ2v) is 7.95. The zero-order chi connectivity index (χ0) is 21.5. The van der Waals surface area contributed by atoms with Gasteiger partial charge in [0.15, 0.2) is 0 Å². The van der Waals surface area contributed by atoms with Crippen molar-refractivity contribution in [2.75, 3.05) is 33.3 Å². The Morgan fingerprint density at radius 2 is 1.87 bits per heavy atom. The monoisotopic (exact) mass is 436 g/mol. The fourth-order valence-electron chi connectivity index (χ4n) is 3.94. The van der Waals surface area contributed by atoms with Crippen LogP contribution in [0.1, 0.15) is 34.6 Å². The molecule has 10 heteroatoms. The summed E-state index contributed by atoms with van der Waals surface area (Å²) in [6, 6.07) is 6.58. The summed E-state index contributed by atoms with van der Waals surface area (Å²) < 4.78 is 34.6. The van der Waals surface area contributed by atoms with Crippen LogP contribution in [-0.4, -0.2) is 64.7 Å². The van der Waals surface area contributed by atoms with Crippen LogP contribution in [0.3, 0.4) is 0 Å². The quantitative estimate of drug-likeness (QED) is 0.732. The summed E-state index contributed by atoms with van der Waals surface area (Å²) in [7, 11) is 1.52. The van der Waals surface area contributed by atoms with Gasteiger partial charge in [0.25, 0.3) is 5.91 Å². The van der Waals surface area contributed by atoms with Gasteiger partial charge in [0.2, 0.25) is 5.91 Å². The first-order valence-corrected chi connectivity index (χ1v) is 10.2. The van der Waals surface area contributed by atoms with Crippen LogP contribution in [0.15, 0.2) is 24.3 Å². The molecule has 2 amide bonds. The van der Waals surface area contributed by atoms with Gasteiger partial charge in [0, 0.05) is 25.2 Å². The van der Waals surface area contributed by atoms with Crippen molar-refractivity contribution in [2.45, 2.75) is 24.5 Å². The number of likely N-dealkylation sites (tertiary alicyclic amines) is 1. The van der Waals surface area contributed by atoms with E-state index in [1.165, 1.54) is 16.7 Å². The maximum Gasteiger partial charge on any atom is 0.335 e. The molecule has 0 bridgehead atoms. The molecular formula is C20H22F2N4O3S. The number of carbonyl (C=O) groups is 2. The van der Waals surface area contributed by atoms with E-state index in [4.69, 9.17) is 4.74 Å². The van der Waals surface area contributed by atoms with Gasteiger partial charge in [-0.15, -0.1) is 0 Å². The zero-order valence-electron chi connectivity index (χ0n) is 16.5. The van der Waals surface area contributed by atoms with Gasteiger partial charge in [0.05, 0.1) is 12.8 Å². The third-order valence-electron chi connectivity index (χ3n) is 5.49. The second kappa shape index (κ2) is 7.90. The fraction of sp³-hybridized carbons (Fsp3) is 0.450. The van der Waals surface area contributed by atoms with Crippen LogP contribution in [0.2, 0.25) is 0 Å². The number of amides is 2. The highest BCUT2D eigenvalue weighted by Gasteiger charge is 2.41. The molecule has 2 aliphatic heterocycles. The topological polar surface area (TPSA) is 67.7 Å². The predicted molar refractivity (Wildman–Crippen MR) is 108 cm³/mol. The number of hydrogen-bond donors (Lipinski definition) is 1. The smallest absolute Gasteiger partial charge is 0.335 e. The van der Waals surface area contributed by atoms with E-state index in [0.717, 1.165) is 12.8 Å². The molecule has 30 heavy (non-hydrogen) atoms. The van der Waals surface area contributed by atoms with Crippen molar-refractivity contribution in [3.05, 3.63) is 41.2 Å². The van der Waals surface area contributed by atoms with Crippen molar-refractivity contribution < 1.29 is 23.1 Å². The number of benzene rings is 1. The minimum absolute atomic E-state index is 0.0457. The number of hydrogen-bond acceptors (Lipinski definition) is 5. The van der Waals surface area contributed by atoms with Gasteiger partial charge in [0.1, 0.15) is 23.7 Å². The minimum Gasteiger partial charge on any atom is -0.497 e. The molecule has 1 saturated heterocycles. The molecule has 1 fully saturated rings. The summed E-state index contributed by atoms with van der Waals surface area (Å²) in [4.78, 5) is 28.9. The highest BCUT2D eigenvalue weighted by Crippen LogP contribution is 2.37. The van der Waals surface area contributed by atoms with E-state index in [2.05, 4.69) is 17.7 Å². The number of rotatable bonds is 5. The maximum atomic E-state index is 14.1. The Bertz CT molecular complexity index is 966. The predicted octanol–water partition coefficient (Wildman–Crippen LogP) is 2.48. The molecule has 0 radical (unpaired) electrons. The van der Waals surface area contributed by atoms with Crippen molar-refractivity contribution in [3.8, 4) is 11.4 Å². The first kappa shape index (κ1) is 20.6. The zero-order valence-corrected chi connectivity index (χ0v) is 17.4. The number of nitrogens with zero attached hydrogens (tertiary/aromatic N) is 4. The molecule has 3 heterocycles. The number of carbonyl (C=O) groups excluding carboxylic acids is 2. The Hall–Kier alpha value is -2.62. The molecule has 0 atom stereocenters. The van der Waals surface area contributed by atoms with Gasteiger partial charge in [-0.1, -0.05) is 12.6 Å². The number of methoxy groups -OCH3 is 1. The van der Waals surface area contributed by atoms with E-state index in [-0.39, 0.29) is 36.7 Å². The second-order valence-electron chi connectivity index (χ2n) is 7.39. The van der Waals surface area contributed by atoms with Gasteiger partial charge in [-0.3, -0.25) is 9.59 Å². The average molecular weight is 436 g/mol. The molecule has 0 aliphatic carbocycles. The number of halogens is 2. The molecule has 0 unspecified atom stereocenters. The van der Waals surface area contributed by atoms with Gasteiger partial charge in [-0.25, -0.2) is 4.68 Å². The summed E-state index contributed by atoms with van der Waals surface area (Å²) in [6.45, 7) is 1.48. The lowest BCUT2D eigenvalue weighted by molar-refractivity contribution is -0.130. The first-order chi connectivity index (χ1) is 14.3. The number of aromatic nitrogens is 2. The Morgan fingerprint density at radius 1 is 1.20 bits per heavy atom. The van der Waals surface area contributed by atoms with Crippen LogP contribution in [0.4, 0.5) is 8.78 Å². The molecule has 7 nitrogen and oxygen atoms in total. The minimum atomic E-state index is -3.49. The number of ether oxygens (including phenoxy) is 1. The summed E-state index contributed by atoms with van der Waals surface area (Å²) in [5.41, 5.74) is 0.123.